The Morgan fingerprint density at radius 1 is 1.00 bits per heavy atom. The lowest BCUT2D eigenvalue weighted by molar-refractivity contribution is 0.569. The molecule has 0 spiro atoms. The van der Waals surface area contributed by atoms with Gasteiger partial charge in [0.25, 0.3) is 5.56 Å². The smallest absolute Gasteiger partial charge is 0.271 e. The molecule has 4 rings (SSSR count). The largest absolute Gasteiger partial charge is 0.334 e. The Morgan fingerprint density at radius 2 is 1.70 bits per heavy atom. The zero-order valence-corrected chi connectivity index (χ0v) is 13.2. The van der Waals surface area contributed by atoms with E-state index in [1.165, 1.54) is 11.3 Å². The van der Waals surface area contributed by atoms with Crippen molar-refractivity contribution < 1.29 is 0 Å². The maximum atomic E-state index is 12.7. The van der Waals surface area contributed by atoms with E-state index < -0.39 is 0 Å². The van der Waals surface area contributed by atoms with Crippen molar-refractivity contribution >= 4 is 23.1 Å². The normalized spacial score (nSPS) is 14.4. The van der Waals surface area contributed by atoms with Crippen LogP contribution in [0.3, 0.4) is 0 Å². The zero-order valence-electron chi connectivity index (χ0n) is 12.4. The van der Waals surface area contributed by atoms with Crippen molar-refractivity contribution in [2.45, 2.75) is 6.67 Å². The summed E-state index contributed by atoms with van der Waals surface area (Å²) in [6.07, 6.45) is 1.93. The van der Waals surface area contributed by atoms with Gasteiger partial charge in [-0.25, -0.2) is 4.99 Å². The predicted molar refractivity (Wildman–Crippen MR) is 93.2 cm³/mol. The third kappa shape index (κ3) is 2.71. The second-order valence-electron chi connectivity index (χ2n) is 5.35. The van der Waals surface area contributed by atoms with E-state index in [9.17, 15) is 4.79 Å². The third-order valence-corrected chi connectivity index (χ3v) is 4.84. The molecule has 0 fully saturated rings. The van der Waals surface area contributed by atoms with E-state index >= 15 is 0 Å². The van der Waals surface area contributed by atoms with E-state index in [2.05, 4.69) is 9.89 Å². The summed E-state index contributed by atoms with van der Waals surface area (Å²) in [5, 5.41) is 0. The second-order valence-corrected chi connectivity index (χ2v) is 6.36. The molecule has 0 aliphatic carbocycles. The highest BCUT2D eigenvalue weighted by atomic mass is 32.1. The number of hydrogen-bond acceptors (Lipinski definition) is 4. The summed E-state index contributed by atoms with van der Waals surface area (Å²) in [7, 11) is 0. The number of aromatic nitrogens is 1. The lowest BCUT2D eigenvalue weighted by Crippen LogP contribution is -2.42. The lowest BCUT2D eigenvalue weighted by Gasteiger charge is -2.25. The minimum atomic E-state index is 0.0261. The standard InChI is InChI=1S/C18H15N3OS/c22-17-16(11-14-7-3-1-4-8-14)23-18-19-12-20(13-21(17)18)15-9-5-2-6-10-15/h1-11H,12-13H2/b16-11-. The first-order valence-electron chi connectivity index (χ1n) is 7.42. The molecular weight excluding hydrogens is 306 g/mol. The predicted octanol–water partition coefficient (Wildman–Crippen LogP) is 1.79. The first kappa shape index (κ1) is 14.0. The van der Waals surface area contributed by atoms with E-state index in [0.717, 1.165) is 20.6 Å². The highest BCUT2D eigenvalue weighted by Crippen LogP contribution is 2.14. The Morgan fingerprint density at radius 3 is 2.43 bits per heavy atom. The lowest BCUT2D eigenvalue weighted by atomic mass is 10.2. The van der Waals surface area contributed by atoms with Crippen molar-refractivity contribution in [3.8, 4) is 0 Å². The van der Waals surface area contributed by atoms with Gasteiger partial charge in [-0.3, -0.25) is 9.36 Å². The van der Waals surface area contributed by atoms with Crippen molar-refractivity contribution in [2.75, 3.05) is 11.6 Å². The number of anilines is 1. The van der Waals surface area contributed by atoms with Gasteiger partial charge in [-0.05, 0) is 23.8 Å². The van der Waals surface area contributed by atoms with Crippen molar-refractivity contribution in [2.24, 2.45) is 4.99 Å². The Kier molecular flexibility index (Phi) is 3.55. The molecule has 1 aliphatic heterocycles. The molecule has 0 unspecified atom stereocenters. The molecule has 114 valence electrons. The molecule has 3 aromatic rings. The Labute approximate surface area is 137 Å². The van der Waals surface area contributed by atoms with Crippen LogP contribution in [0.5, 0.6) is 0 Å². The fraction of sp³-hybridized carbons (Fsp3) is 0.111. The molecule has 2 heterocycles. The number of rotatable bonds is 2. The Hall–Kier alpha value is -2.66. The van der Waals surface area contributed by atoms with Gasteiger partial charge >= 0.3 is 0 Å². The SMILES string of the molecule is O=c1/c(=C/c2ccccc2)sc2n1CN(c1ccccc1)CN=2. The number of hydrogen-bond donors (Lipinski definition) is 0. The topological polar surface area (TPSA) is 37.6 Å². The van der Waals surface area contributed by atoms with Gasteiger partial charge in [-0.15, -0.1) is 0 Å². The number of para-hydroxylation sites is 1. The summed E-state index contributed by atoms with van der Waals surface area (Å²) >= 11 is 1.46. The molecule has 0 N–H and O–H groups in total. The van der Waals surface area contributed by atoms with Gasteiger partial charge in [0.15, 0.2) is 4.80 Å². The van der Waals surface area contributed by atoms with Crippen LogP contribution in [0, 0.1) is 0 Å². The minimum Gasteiger partial charge on any atom is -0.334 e. The van der Waals surface area contributed by atoms with Crippen LogP contribution in [-0.2, 0) is 6.67 Å². The van der Waals surface area contributed by atoms with Crippen LogP contribution in [0.1, 0.15) is 5.56 Å². The van der Waals surface area contributed by atoms with Gasteiger partial charge in [-0.1, -0.05) is 59.9 Å². The summed E-state index contributed by atoms with van der Waals surface area (Å²) in [4.78, 5) is 20.1. The van der Waals surface area contributed by atoms with Gasteiger partial charge in [0.1, 0.15) is 13.3 Å². The van der Waals surface area contributed by atoms with Crippen LogP contribution >= 0.6 is 11.3 Å². The maximum absolute atomic E-state index is 12.7. The number of benzene rings is 2. The molecular formula is C18H15N3OS. The van der Waals surface area contributed by atoms with Gasteiger partial charge in [0.05, 0.1) is 4.53 Å². The third-order valence-electron chi connectivity index (χ3n) is 3.80. The van der Waals surface area contributed by atoms with E-state index in [0.29, 0.717) is 13.3 Å². The van der Waals surface area contributed by atoms with Crippen molar-refractivity contribution in [1.29, 1.82) is 0 Å². The average Bonchev–Trinajstić information content (AvgIpc) is 2.92. The van der Waals surface area contributed by atoms with Gasteiger partial charge in [0, 0.05) is 5.69 Å². The number of fused-ring (bicyclic) bond motifs is 1. The summed E-state index contributed by atoms with van der Waals surface area (Å²) in [5.41, 5.74) is 2.13. The summed E-state index contributed by atoms with van der Waals surface area (Å²) in [6.45, 7) is 1.12. The van der Waals surface area contributed by atoms with Gasteiger partial charge in [-0.2, -0.15) is 0 Å². The van der Waals surface area contributed by atoms with Crippen LogP contribution < -0.4 is 19.8 Å². The fourth-order valence-electron chi connectivity index (χ4n) is 2.61. The average molecular weight is 321 g/mol. The van der Waals surface area contributed by atoms with Gasteiger partial charge in [0.2, 0.25) is 0 Å². The van der Waals surface area contributed by atoms with Crippen molar-refractivity contribution in [3.05, 3.63) is 85.9 Å². The highest BCUT2D eigenvalue weighted by molar-refractivity contribution is 7.07. The van der Waals surface area contributed by atoms with Crippen molar-refractivity contribution in [1.82, 2.24) is 4.57 Å². The van der Waals surface area contributed by atoms with Crippen LogP contribution in [0.4, 0.5) is 5.69 Å². The molecule has 0 bridgehead atoms. The number of thiazole rings is 1. The maximum Gasteiger partial charge on any atom is 0.271 e. The molecule has 1 aromatic heterocycles. The Balaban J connectivity index is 1.74. The quantitative estimate of drug-likeness (QED) is 0.722. The summed E-state index contributed by atoms with van der Waals surface area (Å²) in [6, 6.07) is 20.0. The van der Waals surface area contributed by atoms with Crippen LogP contribution in [-0.4, -0.2) is 11.2 Å². The van der Waals surface area contributed by atoms with Crippen LogP contribution in [0.15, 0.2) is 70.5 Å². The molecule has 0 amide bonds. The van der Waals surface area contributed by atoms with E-state index in [1.807, 2.05) is 66.7 Å². The molecule has 0 saturated carbocycles. The van der Waals surface area contributed by atoms with E-state index in [4.69, 9.17) is 0 Å². The van der Waals surface area contributed by atoms with E-state index in [1.54, 1.807) is 4.57 Å². The molecule has 0 saturated heterocycles. The minimum absolute atomic E-state index is 0.0261. The monoisotopic (exact) mass is 321 g/mol. The molecule has 2 aromatic carbocycles. The highest BCUT2D eigenvalue weighted by Gasteiger charge is 2.15. The van der Waals surface area contributed by atoms with Crippen LogP contribution in [0.2, 0.25) is 0 Å². The summed E-state index contributed by atoms with van der Waals surface area (Å²) in [5.74, 6) is 0. The van der Waals surface area contributed by atoms with Crippen LogP contribution in [0.25, 0.3) is 6.08 Å². The molecule has 0 radical (unpaired) electrons. The molecule has 23 heavy (non-hydrogen) atoms. The first-order chi connectivity index (χ1) is 11.3. The molecule has 1 aliphatic rings. The zero-order chi connectivity index (χ0) is 15.6. The molecule has 4 nitrogen and oxygen atoms in total. The second kappa shape index (κ2) is 5.85. The van der Waals surface area contributed by atoms with E-state index in [-0.39, 0.29) is 5.56 Å². The first-order valence-corrected chi connectivity index (χ1v) is 8.24. The Bertz CT molecular complexity index is 990. The van der Waals surface area contributed by atoms with Crippen molar-refractivity contribution in [3.63, 3.8) is 0 Å². The summed E-state index contributed by atoms with van der Waals surface area (Å²) < 4.78 is 2.47. The molecule has 5 heteroatoms. The van der Waals surface area contributed by atoms with Gasteiger partial charge < -0.3 is 4.90 Å². The fourth-order valence-corrected chi connectivity index (χ4v) is 3.58. The molecule has 0 atom stereocenters. The number of nitrogens with zero attached hydrogens (tertiary/aromatic N) is 3.